The summed E-state index contributed by atoms with van der Waals surface area (Å²) in [5.41, 5.74) is 6.75. The molecule has 0 saturated heterocycles. The maximum Gasteiger partial charge on any atom is 0.196 e. The number of rotatable bonds is 4. The highest BCUT2D eigenvalue weighted by atomic mass is 79.9. The Kier molecular flexibility index (Phi) is 5.04. The van der Waals surface area contributed by atoms with E-state index < -0.39 is 0 Å². The van der Waals surface area contributed by atoms with Crippen molar-refractivity contribution in [2.24, 2.45) is 0 Å². The van der Waals surface area contributed by atoms with Gasteiger partial charge in [-0.15, -0.1) is 0 Å². The lowest BCUT2D eigenvalue weighted by atomic mass is 9.97. The second-order valence-corrected chi connectivity index (χ2v) is 5.68. The molecule has 0 bridgehead atoms. The predicted octanol–water partition coefficient (Wildman–Crippen LogP) is 4.38. The minimum atomic E-state index is -0.371. The molecule has 2 N–H and O–H groups in total. The summed E-state index contributed by atoms with van der Waals surface area (Å²) in [4.78, 5) is 24.4. The van der Waals surface area contributed by atoms with Crippen LogP contribution in [0, 0.1) is 0 Å². The van der Waals surface area contributed by atoms with E-state index in [4.69, 9.17) is 28.9 Å². The van der Waals surface area contributed by atoms with Crippen LogP contribution in [0.4, 0.5) is 5.69 Å². The number of hydrogen-bond acceptors (Lipinski definition) is 3. The van der Waals surface area contributed by atoms with Crippen molar-refractivity contribution >= 4 is 56.4 Å². The number of anilines is 1. The van der Waals surface area contributed by atoms with E-state index in [-0.39, 0.29) is 38.7 Å². The Labute approximate surface area is 140 Å². The Morgan fingerprint density at radius 2 is 1.67 bits per heavy atom. The summed E-state index contributed by atoms with van der Waals surface area (Å²) in [6.07, 6.45) is 0. The predicted molar refractivity (Wildman–Crippen MR) is 88.9 cm³/mol. The number of nitrogens with two attached hydrogens (primary N) is 1. The van der Waals surface area contributed by atoms with Gasteiger partial charge in [-0.3, -0.25) is 9.59 Å². The second kappa shape index (κ2) is 6.60. The molecule has 0 aliphatic heterocycles. The highest BCUT2D eigenvalue weighted by Gasteiger charge is 2.20. The second-order valence-electron chi connectivity index (χ2n) is 4.28. The van der Waals surface area contributed by atoms with Crippen LogP contribution in [0.15, 0.2) is 36.4 Å². The quantitative estimate of drug-likeness (QED) is 0.481. The Morgan fingerprint density at radius 3 is 2.29 bits per heavy atom. The van der Waals surface area contributed by atoms with Crippen LogP contribution in [0.25, 0.3) is 0 Å². The molecule has 6 heteroatoms. The SMILES string of the molecule is Nc1c(C(=O)CBr)cc(Cl)cc1C(=O)c1ccccc1Cl. The van der Waals surface area contributed by atoms with Crippen molar-refractivity contribution in [2.75, 3.05) is 11.1 Å². The average Bonchev–Trinajstić information content (AvgIpc) is 2.48. The van der Waals surface area contributed by atoms with E-state index in [1.54, 1.807) is 24.3 Å². The first-order chi connectivity index (χ1) is 9.95. The molecule has 0 radical (unpaired) electrons. The largest absolute Gasteiger partial charge is 0.398 e. The van der Waals surface area contributed by atoms with Crippen molar-refractivity contribution in [3.63, 3.8) is 0 Å². The number of halogens is 3. The molecular weight excluding hydrogens is 377 g/mol. The molecule has 108 valence electrons. The van der Waals surface area contributed by atoms with Crippen molar-refractivity contribution in [1.82, 2.24) is 0 Å². The van der Waals surface area contributed by atoms with Crippen LogP contribution < -0.4 is 5.73 Å². The van der Waals surface area contributed by atoms with Crippen LogP contribution in [0.1, 0.15) is 26.3 Å². The zero-order valence-corrected chi connectivity index (χ0v) is 13.8. The third kappa shape index (κ3) is 3.28. The number of carbonyl (C=O) groups excluding carboxylic acids is 2. The lowest BCUT2D eigenvalue weighted by Crippen LogP contribution is -2.12. The molecule has 0 amide bonds. The van der Waals surface area contributed by atoms with Crippen LogP contribution in [-0.4, -0.2) is 16.9 Å². The van der Waals surface area contributed by atoms with Crippen molar-refractivity contribution < 1.29 is 9.59 Å². The van der Waals surface area contributed by atoms with Gasteiger partial charge in [0.25, 0.3) is 0 Å². The summed E-state index contributed by atoms with van der Waals surface area (Å²) in [6, 6.07) is 9.51. The molecular formula is C15H10BrCl2NO2. The van der Waals surface area contributed by atoms with Crippen molar-refractivity contribution in [2.45, 2.75) is 0 Å². The van der Waals surface area contributed by atoms with Gasteiger partial charge in [-0.1, -0.05) is 51.3 Å². The van der Waals surface area contributed by atoms with Gasteiger partial charge in [-0.05, 0) is 24.3 Å². The topological polar surface area (TPSA) is 60.2 Å². The molecule has 0 heterocycles. The van der Waals surface area contributed by atoms with Gasteiger partial charge in [-0.2, -0.15) is 0 Å². The van der Waals surface area contributed by atoms with E-state index in [1.165, 1.54) is 12.1 Å². The number of benzene rings is 2. The molecule has 0 atom stereocenters. The number of nitrogen functional groups attached to an aromatic ring is 1. The highest BCUT2D eigenvalue weighted by Crippen LogP contribution is 2.28. The number of carbonyl (C=O) groups is 2. The van der Waals surface area contributed by atoms with Crippen molar-refractivity contribution in [1.29, 1.82) is 0 Å². The zero-order valence-electron chi connectivity index (χ0n) is 10.7. The monoisotopic (exact) mass is 385 g/mol. The van der Waals surface area contributed by atoms with Gasteiger partial charge in [-0.25, -0.2) is 0 Å². The number of hydrogen-bond donors (Lipinski definition) is 1. The first-order valence-corrected chi connectivity index (χ1v) is 7.81. The van der Waals surface area contributed by atoms with E-state index in [0.717, 1.165) is 0 Å². The molecule has 0 unspecified atom stereocenters. The molecule has 0 aliphatic carbocycles. The fraction of sp³-hybridized carbons (Fsp3) is 0.0667. The van der Waals surface area contributed by atoms with Gasteiger partial charge in [0.05, 0.1) is 16.0 Å². The number of Topliss-reactive ketones (excluding diaryl/α,β-unsaturated/α-hetero) is 1. The molecule has 0 saturated carbocycles. The molecule has 0 spiro atoms. The van der Waals surface area contributed by atoms with E-state index in [2.05, 4.69) is 15.9 Å². The minimum absolute atomic E-state index is 0.0945. The average molecular weight is 387 g/mol. The lowest BCUT2D eigenvalue weighted by molar-refractivity contribution is 0.102. The van der Waals surface area contributed by atoms with Crippen molar-refractivity contribution in [3.8, 4) is 0 Å². The van der Waals surface area contributed by atoms with Gasteiger partial charge in [0.1, 0.15) is 0 Å². The normalized spacial score (nSPS) is 10.4. The van der Waals surface area contributed by atoms with E-state index >= 15 is 0 Å². The minimum Gasteiger partial charge on any atom is -0.398 e. The Bertz CT molecular complexity index is 732. The fourth-order valence-electron chi connectivity index (χ4n) is 1.90. The molecule has 2 rings (SSSR count). The molecule has 3 nitrogen and oxygen atoms in total. The van der Waals surface area contributed by atoms with Gasteiger partial charge < -0.3 is 5.73 Å². The molecule has 0 fully saturated rings. The molecule has 2 aromatic carbocycles. The van der Waals surface area contributed by atoms with Crippen molar-refractivity contribution in [3.05, 3.63) is 63.1 Å². The van der Waals surface area contributed by atoms with Crippen LogP contribution in [0.2, 0.25) is 10.0 Å². The van der Waals surface area contributed by atoms with Crippen LogP contribution >= 0.6 is 39.1 Å². The molecule has 21 heavy (non-hydrogen) atoms. The molecule has 0 aromatic heterocycles. The highest BCUT2D eigenvalue weighted by molar-refractivity contribution is 9.09. The maximum absolute atomic E-state index is 12.6. The molecule has 0 aliphatic rings. The number of alkyl halides is 1. The van der Waals surface area contributed by atoms with Gasteiger partial charge in [0.2, 0.25) is 0 Å². The van der Waals surface area contributed by atoms with E-state index in [1.807, 2.05) is 0 Å². The third-order valence-electron chi connectivity index (χ3n) is 2.93. The molecule has 2 aromatic rings. The summed E-state index contributed by atoms with van der Waals surface area (Å²) in [7, 11) is 0. The Hall–Kier alpha value is -1.36. The summed E-state index contributed by atoms with van der Waals surface area (Å²) in [6.45, 7) is 0. The fourth-order valence-corrected chi connectivity index (χ4v) is 2.64. The summed E-state index contributed by atoms with van der Waals surface area (Å²) < 4.78 is 0. The first kappa shape index (κ1) is 16.0. The van der Waals surface area contributed by atoms with Crippen LogP contribution in [0.3, 0.4) is 0 Å². The van der Waals surface area contributed by atoms with Gasteiger partial charge >= 0.3 is 0 Å². The zero-order chi connectivity index (χ0) is 15.6. The van der Waals surface area contributed by atoms with Crippen LogP contribution in [-0.2, 0) is 0 Å². The lowest BCUT2D eigenvalue weighted by Gasteiger charge is -2.11. The van der Waals surface area contributed by atoms with Gasteiger partial charge in [0.15, 0.2) is 11.6 Å². The summed E-state index contributed by atoms with van der Waals surface area (Å²) in [5.74, 6) is -0.618. The Balaban J connectivity index is 2.59. The van der Waals surface area contributed by atoms with Crippen LogP contribution in [0.5, 0.6) is 0 Å². The van der Waals surface area contributed by atoms with E-state index in [9.17, 15) is 9.59 Å². The summed E-state index contributed by atoms with van der Waals surface area (Å²) in [5, 5.41) is 0.677. The summed E-state index contributed by atoms with van der Waals surface area (Å²) >= 11 is 15.1. The third-order valence-corrected chi connectivity index (χ3v) is 3.99. The standard InChI is InChI=1S/C15H10BrCl2NO2/c16-7-13(20)10-5-8(17)6-11(14(10)19)15(21)9-3-1-2-4-12(9)18/h1-6H,7,19H2. The maximum atomic E-state index is 12.6. The first-order valence-electron chi connectivity index (χ1n) is 5.93. The smallest absolute Gasteiger partial charge is 0.196 e. The van der Waals surface area contributed by atoms with Gasteiger partial charge in [0, 0.05) is 21.7 Å². The number of ketones is 2. The Morgan fingerprint density at radius 1 is 1.05 bits per heavy atom. The van der Waals surface area contributed by atoms with E-state index in [0.29, 0.717) is 10.6 Å².